The predicted octanol–water partition coefficient (Wildman–Crippen LogP) is 4.23. The van der Waals surface area contributed by atoms with Gasteiger partial charge in [0.15, 0.2) is 0 Å². The molecule has 1 aromatic heterocycles. The van der Waals surface area contributed by atoms with Crippen LogP contribution in [-0.2, 0) is 6.54 Å². The molecule has 21 heavy (non-hydrogen) atoms. The van der Waals surface area contributed by atoms with E-state index in [1.54, 1.807) is 0 Å². The Labute approximate surface area is 125 Å². The Hall–Kier alpha value is -2.61. The lowest BCUT2D eigenvalue weighted by atomic mass is 10.2. The molecule has 0 aliphatic rings. The summed E-state index contributed by atoms with van der Waals surface area (Å²) in [7, 11) is 0. The van der Waals surface area contributed by atoms with Crippen molar-refractivity contribution in [3.8, 4) is 0 Å². The SMILES string of the molecule is CC[n+]1c(C=CNc2ccccc2)ccc2ccccc21. The van der Waals surface area contributed by atoms with E-state index in [-0.39, 0.29) is 0 Å². The molecular weight excluding hydrogens is 256 g/mol. The van der Waals surface area contributed by atoms with Crippen molar-refractivity contribution in [2.45, 2.75) is 13.5 Å². The molecule has 0 radical (unpaired) electrons. The van der Waals surface area contributed by atoms with Gasteiger partial charge in [0.25, 0.3) is 0 Å². The molecule has 0 saturated heterocycles. The molecule has 0 saturated carbocycles. The molecule has 104 valence electrons. The molecule has 3 aromatic rings. The van der Waals surface area contributed by atoms with Crippen LogP contribution in [0.2, 0.25) is 0 Å². The summed E-state index contributed by atoms with van der Waals surface area (Å²) in [6.45, 7) is 3.13. The third-order valence-corrected chi connectivity index (χ3v) is 3.57. The van der Waals surface area contributed by atoms with E-state index in [1.807, 2.05) is 24.4 Å². The Bertz CT molecular complexity index is 761. The molecular formula is C19H19N2+. The van der Waals surface area contributed by atoms with Gasteiger partial charge in [-0.05, 0) is 31.2 Å². The first kappa shape index (κ1) is 13.4. The highest BCUT2D eigenvalue weighted by Crippen LogP contribution is 2.12. The number of anilines is 1. The quantitative estimate of drug-likeness (QED) is 0.705. The van der Waals surface area contributed by atoms with E-state index in [2.05, 4.69) is 71.4 Å². The Kier molecular flexibility index (Phi) is 3.97. The zero-order chi connectivity index (χ0) is 14.5. The zero-order valence-electron chi connectivity index (χ0n) is 12.2. The number of nitrogens with one attached hydrogen (secondary N) is 1. The van der Waals surface area contributed by atoms with E-state index >= 15 is 0 Å². The number of pyridine rings is 1. The fourth-order valence-corrected chi connectivity index (χ4v) is 2.53. The van der Waals surface area contributed by atoms with E-state index < -0.39 is 0 Å². The third-order valence-electron chi connectivity index (χ3n) is 3.57. The highest BCUT2D eigenvalue weighted by molar-refractivity contribution is 5.76. The first-order valence-electron chi connectivity index (χ1n) is 7.28. The smallest absolute Gasteiger partial charge is 0.212 e. The van der Waals surface area contributed by atoms with Gasteiger partial charge in [0.1, 0.15) is 6.54 Å². The number of aryl methyl sites for hydroxylation is 1. The molecule has 2 nitrogen and oxygen atoms in total. The second kappa shape index (κ2) is 6.23. The summed E-state index contributed by atoms with van der Waals surface area (Å²) >= 11 is 0. The van der Waals surface area contributed by atoms with Crippen LogP contribution in [0, 0.1) is 0 Å². The highest BCUT2D eigenvalue weighted by Gasteiger charge is 2.10. The summed E-state index contributed by atoms with van der Waals surface area (Å²) in [5.74, 6) is 0. The van der Waals surface area contributed by atoms with Crippen molar-refractivity contribution in [1.82, 2.24) is 0 Å². The maximum Gasteiger partial charge on any atom is 0.212 e. The fourth-order valence-electron chi connectivity index (χ4n) is 2.53. The lowest BCUT2D eigenvalue weighted by Crippen LogP contribution is -2.36. The van der Waals surface area contributed by atoms with Crippen LogP contribution in [-0.4, -0.2) is 0 Å². The molecule has 1 heterocycles. The summed E-state index contributed by atoms with van der Waals surface area (Å²) in [4.78, 5) is 0. The molecule has 0 spiro atoms. The van der Waals surface area contributed by atoms with E-state index in [9.17, 15) is 0 Å². The molecule has 0 atom stereocenters. The van der Waals surface area contributed by atoms with E-state index in [0.717, 1.165) is 12.2 Å². The minimum absolute atomic E-state index is 0.951. The van der Waals surface area contributed by atoms with Gasteiger partial charge in [-0.15, -0.1) is 0 Å². The maximum atomic E-state index is 3.30. The highest BCUT2D eigenvalue weighted by atomic mass is 15.0. The Morgan fingerprint density at radius 3 is 2.48 bits per heavy atom. The van der Waals surface area contributed by atoms with Crippen LogP contribution in [0.1, 0.15) is 12.6 Å². The molecule has 2 aromatic carbocycles. The Morgan fingerprint density at radius 1 is 0.905 bits per heavy atom. The van der Waals surface area contributed by atoms with Gasteiger partial charge < -0.3 is 5.32 Å². The first-order valence-corrected chi connectivity index (χ1v) is 7.28. The van der Waals surface area contributed by atoms with Gasteiger partial charge in [0.05, 0.1) is 0 Å². The minimum Gasteiger partial charge on any atom is -0.361 e. The van der Waals surface area contributed by atoms with E-state index in [4.69, 9.17) is 0 Å². The van der Waals surface area contributed by atoms with Crippen LogP contribution in [0.4, 0.5) is 5.69 Å². The van der Waals surface area contributed by atoms with Crippen LogP contribution >= 0.6 is 0 Å². The number of benzene rings is 2. The maximum absolute atomic E-state index is 3.30. The van der Waals surface area contributed by atoms with Crippen LogP contribution in [0.15, 0.2) is 72.9 Å². The Morgan fingerprint density at radius 2 is 1.67 bits per heavy atom. The van der Waals surface area contributed by atoms with Crippen LogP contribution in [0.5, 0.6) is 0 Å². The normalized spacial score (nSPS) is 11.1. The number of fused-ring (bicyclic) bond motifs is 1. The number of hydrogen-bond donors (Lipinski definition) is 1. The van der Waals surface area contributed by atoms with E-state index in [0.29, 0.717) is 0 Å². The molecule has 0 aliphatic heterocycles. The summed E-state index contributed by atoms with van der Waals surface area (Å²) in [5.41, 5.74) is 3.55. The minimum atomic E-state index is 0.951. The molecule has 0 fully saturated rings. The lowest BCUT2D eigenvalue weighted by molar-refractivity contribution is -0.669. The van der Waals surface area contributed by atoms with Gasteiger partial charge >= 0.3 is 0 Å². The van der Waals surface area contributed by atoms with Crippen molar-refractivity contribution in [2.75, 3.05) is 5.32 Å². The second-order valence-electron chi connectivity index (χ2n) is 4.90. The number of aromatic nitrogens is 1. The molecule has 1 N–H and O–H groups in total. The molecule has 0 amide bonds. The van der Waals surface area contributed by atoms with Gasteiger partial charge in [-0.25, -0.2) is 0 Å². The fraction of sp³-hybridized carbons (Fsp3) is 0.105. The monoisotopic (exact) mass is 275 g/mol. The van der Waals surface area contributed by atoms with Crippen molar-refractivity contribution < 1.29 is 4.57 Å². The van der Waals surface area contributed by atoms with Crippen LogP contribution in [0.3, 0.4) is 0 Å². The van der Waals surface area contributed by atoms with Gasteiger partial charge in [0, 0.05) is 35.5 Å². The zero-order valence-corrected chi connectivity index (χ0v) is 12.2. The topological polar surface area (TPSA) is 15.9 Å². The largest absolute Gasteiger partial charge is 0.361 e. The van der Waals surface area contributed by atoms with E-state index in [1.165, 1.54) is 16.6 Å². The van der Waals surface area contributed by atoms with Crippen molar-refractivity contribution in [2.24, 2.45) is 0 Å². The van der Waals surface area contributed by atoms with Crippen molar-refractivity contribution in [3.05, 3.63) is 78.6 Å². The van der Waals surface area contributed by atoms with Gasteiger partial charge in [-0.1, -0.05) is 30.3 Å². The number of rotatable bonds is 4. The lowest BCUT2D eigenvalue weighted by Gasteiger charge is -2.03. The first-order chi connectivity index (χ1) is 10.4. The summed E-state index contributed by atoms with van der Waals surface area (Å²) in [6, 6.07) is 23.0. The molecule has 2 heteroatoms. The number of para-hydroxylation sites is 2. The molecule has 3 rings (SSSR count). The molecule has 0 bridgehead atoms. The summed E-state index contributed by atoms with van der Waals surface area (Å²) in [6.07, 6.45) is 4.11. The van der Waals surface area contributed by atoms with Gasteiger partial charge in [-0.3, -0.25) is 0 Å². The summed E-state index contributed by atoms with van der Waals surface area (Å²) in [5, 5.41) is 4.57. The third kappa shape index (κ3) is 2.95. The number of hydrogen-bond acceptors (Lipinski definition) is 1. The number of nitrogens with zero attached hydrogens (tertiary/aromatic N) is 1. The van der Waals surface area contributed by atoms with Crippen LogP contribution in [0.25, 0.3) is 17.0 Å². The molecule has 0 aliphatic carbocycles. The predicted molar refractivity (Wildman–Crippen MR) is 88.9 cm³/mol. The van der Waals surface area contributed by atoms with Crippen molar-refractivity contribution >= 4 is 22.7 Å². The van der Waals surface area contributed by atoms with Gasteiger partial charge in [-0.2, -0.15) is 4.57 Å². The average Bonchev–Trinajstić information content (AvgIpc) is 2.55. The average molecular weight is 275 g/mol. The van der Waals surface area contributed by atoms with Crippen molar-refractivity contribution in [1.29, 1.82) is 0 Å². The van der Waals surface area contributed by atoms with Crippen molar-refractivity contribution in [3.63, 3.8) is 0 Å². The van der Waals surface area contributed by atoms with Gasteiger partial charge in [0.2, 0.25) is 11.2 Å². The summed E-state index contributed by atoms with van der Waals surface area (Å²) < 4.78 is 2.32. The van der Waals surface area contributed by atoms with Crippen LogP contribution < -0.4 is 9.88 Å². The standard InChI is InChI=1S/C19H18N2/c1-2-21-18(13-12-16-8-6-7-11-19(16)21)14-15-20-17-9-4-3-5-10-17/h3-15H,2H2,1H3/p+1. The molecule has 0 unspecified atom stereocenters. The Balaban J connectivity index is 1.90. The second-order valence-corrected chi connectivity index (χ2v) is 4.90.